The van der Waals surface area contributed by atoms with Crippen LogP contribution in [-0.2, 0) is 11.0 Å². The van der Waals surface area contributed by atoms with Crippen molar-refractivity contribution in [2.24, 2.45) is 5.73 Å². The summed E-state index contributed by atoms with van der Waals surface area (Å²) in [5.74, 6) is 0.0994. The number of nitrogens with one attached hydrogen (secondary N) is 1. The maximum absolute atomic E-state index is 12.6. The Balaban J connectivity index is 1.90. The van der Waals surface area contributed by atoms with Crippen LogP contribution in [0.25, 0.3) is 0 Å². The number of carbonyl (C=O) groups is 1. The monoisotopic (exact) mass is 378 g/mol. The van der Waals surface area contributed by atoms with Crippen LogP contribution < -0.4 is 11.1 Å². The standard InChI is InChI=1S/C16H22ClF3N4O/c1-10(21)13-4-2-3-7-24(13)14(25)5-6-22-15-12(17)8-11(9-23-15)16(18,19)20/h8-10,13H,2-7,21H2,1H3,(H,22,23). The average Bonchev–Trinajstić information content (AvgIpc) is 2.55. The summed E-state index contributed by atoms with van der Waals surface area (Å²) in [4.78, 5) is 17.9. The number of hydrogen-bond donors (Lipinski definition) is 2. The summed E-state index contributed by atoms with van der Waals surface area (Å²) in [6, 6.07) is 0.757. The van der Waals surface area contributed by atoms with E-state index < -0.39 is 11.7 Å². The molecule has 2 unspecified atom stereocenters. The van der Waals surface area contributed by atoms with Gasteiger partial charge in [-0.1, -0.05) is 11.6 Å². The minimum atomic E-state index is -4.49. The van der Waals surface area contributed by atoms with E-state index in [1.54, 1.807) is 4.90 Å². The molecule has 0 saturated carbocycles. The van der Waals surface area contributed by atoms with Crippen molar-refractivity contribution in [2.75, 3.05) is 18.4 Å². The molecule has 3 N–H and O–H groups in total. The molecule has 0 bridgehead atoms. The summed E-state index contributed by atoms with van der Waals surface area (Å²) in [5, 5.41) is 2.69. The topological polar surface area (TPSA) is 71.2 Å². The van der Waals surface area contributed by atoms with Crippen molar-refractivity contribution in [1.82, 2.24) is 9.88 Å². The van der Waals surface area contributed by atoms with Crippen LogP contribution in [0, 0.1) is 0 Å². The minimum absolute atomic E-state index is 0.0301. The maximum Gasteiger partial charge on any atom is 0.417 e. The number of amides is 1. The van der Waals surface area contributed by atoms with Crippen molar-refractivity contribution >= 4 is 23.3 Å². The normalized spacial score (nSPS) is 19.6. The van der Waals surface area contributed by atoms with Gasteiger partial charge in [0.1, 0.15) is 5.82 Å². The van der Waals surface area contributed by atoms with Crippen molar-refractivity contribution in [3.63, 3.8) is 0 Å². The van der Waals surface area contributed by atoms with E-state index in [1.807, 2.05) is 6.92 Å². The molecule has 1 fully saturated rings. The highest BCUT2D eigenvalue weighted by Crippen LogP contribution is 2.32. The first-order valence-electron chi connectivity index (χ1n) is 8.22. The lowest BCUT2D eigenvalue weighted by molar-refractivity contribution is -0.138. The number of rotatable bonds is 5. The predicted molar refractivity (Wildman–Crippen MR) is 90.4 cm³/mol. The van der Waals surface area contributed by atoms with Crippen molar-refractivity contribution in [3.8, 4) is 0 Å². The number of alkyl halides is 3. The first-order valence-corrected chi connectivity index (χ1v) is 8.59. The molecule has 1 saturated heterocycles. The van der Waals surface area contributed by atoms with Gasteiger partial charge >= 0.3 is 6.18 Å². The van der Waals surface area contributed by atoms with Crippen molar-refractivity contribution in [1.29, 1.82) is 0 Å². The number of pyridine rings is 1. The Bertz CT molecular complexity index is 610. The molecule has 1 aromatic rings. The Kier molecular flexibility index (Phi) is 6.51. The summed E-state index contributed by atoms with van der Waals surface area (Å²) in [5.41, 5.74) is 5.05. The van der Waals surface area contributed by atoms with Crippen LogP contribution >= 0.6 is 11.6 Å². The fourth-order valence-electron chi connectivity index (χ4n) is 2.97. The van der Waals surface area contributed by atoms with Gasteiger partial charge < -0.3 is 16.0 Å². The molecule has 0 aromatic carbocycles. The summed E-state index contributed by atoms with van der Waals surface area (Å²) in [7, 11) is 0. The number of nitrogens with two attached hydrogens (primary N) is 1. The Morgan fingerprint density at radius 1 is 1.52 bits per heavy atom. The van der Waals surface area contributed by atoms with Gasteiger partial charge in [-0.05, 0) is 32.3 Å². The van der Waals surface area contributed by atoms with Gasteiger partial charge in [-0.25, -0.2) is 4.98 Å². The second kappa shape index (κ2) is 8.23. The van der Waals surface area contributed by atoms with Gasteiger partial charge in [0.25, 0.3) is 0 Å². The largest absolute Gasteiger partial charge is 0.417 e. The lowest BCUT2D eigenvalue weighted by Crippen LogP contribution is -2.51. The highest BCUT2D eigenvalue weighted by molar-refractivity contribution is 6.32. The number of anilines is 1. The molecule has 1 aliphatic rings. The third-order valence-electron chi connectivity index (χ3n) is 4.28. The fraction of sp³-hybridized carbons (Fsp3) is 0.625. The zero-order chi connectivity index (χ0) is 18.6. The first-order chi connectivity index (χ1) is 11.7. The first kappa shape index (κ1) is 19.8. The predicted octanol–water partition coefficient (Wildman–Crippen LogP) is 3.28. The third kappa shape index (κ3) is 5.22. The number of halogens is 4. The van der Waals surface area contributed by atoms with E-state index >= 15 is 0 Å². The van der Waals surface area contributed by atoms with Crippen molar-refractivity contribution in [3.05, 3.63) is 22.8 Å². The number of carbonyl (C=O) groups excluding carboxylic acids is 1. The Morgan fingerprint density at radius 3 is 2.84 bits per heavy atom. The Labute approximate surface area is 149 Å². The molecule has 2 rings (SSSR count). The van der Waals surface area contributed by atoms with Gasteiger partial charge in [-0.2, -0.15) is 13.2 Å². The van der Waals surface area contributed by atoms with E-state index in [0.29, 0.717) is 12.7 Å². The van der Waals surface area contributed by atoms with Gasteiger partial charge in [-0.3, -0.25) is 4.79 Å². The van der Waals surface area contributed by atoms with E-state index in [9.17, 15) is 18.0 Å². The third-order valence-corrected chi connectivity index (χ3v) is 4.56. The molecule has 2 atom stereocenters. The summed E-state index contributed by atoms with van der Waals surface area (Å²) < 4.78 is 37.8. The number of nitrogens with zero attached hydrogens (tertiary/aromatic N) is 2. The van der Waals surface area contributed by atoms with Crippen LogP contribution in [0.5, 0.6) is 0 Å². The zero-order valence-corrected chi connectivity index (χ0v) is 14.7. The second-order valence-corrected chi connectivity index (χ2v) is 6.65. The minimum Gasteiger partial charge on any atom is -0.368 e. The number of piperidine rings is 1. The summed E-state index contributed by atoms with van der Waals surface area (Å²) in [6.07, 6.45) is -0.681. The van der Waals surface area contributed by atoms with Crippen LogP contribution in [-0.4, -0.2) is 41.0 Å². The van der Waals surface area contributed by atoms with Gasteiger partial charge in [0.2, 0.25) is 5.91 Å². The Hall–Kier alpha value is -1.54. The molecule has 1 aliphatic heterocycles. The van der Waals surface area contributed by atoms with Crippen molar-refractivity contribution < 1.29 is 18.0 Å². The molecule has 25 heavy (non-hydrogen) atoms. The second-order valence-electron chi connectivity index (χ2n) is 6.24. The van der Waals surface area contributed by atoms with E-state index in [-0.39, 0.29) is 41.8 Å². The molecule has 0 radical (unpaired) electrons. The summed E-state index contributed by atoms with van der Waals surface area (Å²) >= 11 is 5.83. The van der Waals surface area contributed by atoms with E-state index in [2.05, 4.69) is 10.3 Å². The maximum atomic E-state index is 12.6. The van der Waals surface area contributed by atoms with Crippen LogP contribution in [0.15, 0.2) is 12.3 Å². The quantitative estimate of drug-likeness (QED) is 0.824. The van der Waals surface area contributed by atoms with E-state index in [0.717, 1.165) is 25.3 Å². The van der Waals surface area contributed by atoms with Crippen LogP contribution in [0.1, 0.15) is 38.2 Å². The number of hydrogen-bond acceptors (Lipinski definition) is 4. The van der Waals surface area contributed by atoms with E-state index in [4.69, 9.17) is 17.3 Å². The SMILES string of the molecule is CC(N)C1CCCCN1C(=O)CCNc1ncc(C(F)(F)F)cc1Cl. The van der Waals surface area contributed by atoms with Gasteiger partial charge in [0, 0.05) is 37.8 Å². The lowest BCUT2D eigenvalue weighted by atomic mass is 9.96. The summed E-state index contributed by atoms with van der Waals surface area (Å²) in [6.45, 7) is 2.81. The molecular weight excluding hydrogens is 357 g/mol. The molecule has 5 nitrogen and oxygen atoms in total. The van der Waals surface area contributed by atoms with Gasteiger partial charge in [-0.15, -0.1) is 0 Å². The highest BCUT2D eigenvalue weighted by Gasteiger charge is 2.32. The molecule has 0 aliphatic carbocycles. The number of aromatic nitrogens is 1. The molecule has 9 heteroatoms. The van der Waals surface area contributed by atoms with Crippen LogP contribution in [0.2, 0.25) is 5.02 Å². The average molecular weight is 379 g/mol. The lowest BCUT2D eigenvalue weighted by Gasteiger charge is -2.38. The smallest absolute Gasteiger partial charge is 0.368 e. The fourth-order valence-corrected chi connectivity index (χ4v) is 3.20. The highest BCUT2D eigenvalue weighted by atomic mass is 35.5. The van der Waals surface area contributed by atoms with E-state index in [1.165, 1.54) is 0 Å². The molecule has 0 spiro atoms. The van der Waals surface area contributed by atoms with Gasteiger partial charge in [0.05, 0.1) is 10.6 Å². The number of likely N-dealkylation sites (tertiary alicyclic amines) is 1. The molecule has 1 amide bonds. The van der Waals surface area contributed by atoms with Crippen LogP contribution in [0.4, 0.5) is 19.0 Å². The molecule has 2 heterocycles. The van der Waals surface area contributed by atoms with Crippen molar-refractivity contribution in [2.45, 2.75) is 50.9 Å². The molecule has 1 aromatic heterocycles. The van der Waals surface area contributed by atoms with Gasteiger partial charge in [0.15, 0.2) is 0 Å². The Morgan fingerprint density at radius 2 is 2.24 bits per heavy atom. The van der Waals surface area contributed by atoms with Crippen LogP contribution in [0.3, 0.4) is 0 Å². The molecular formula is C16H22ClF3N4O. The zero-order valence-electron chi connectivity index (χ0n) is 13.9. The molecule has 140 valence electrons.